The first-order valence-electron chi connectivity index (χ1n) is 6.59. The van der Waals surface area contributed by atoms with Crippen LogP contribution in [0.5, 0.6) is 0 Å². The lowest BCUT2D eigenvalue weighted by molar-refractivity contribution is -0.194. The lowest BCUT2D eigenvalue weighted by atomic mass is 9.93. The van der Waals surface area contributed by atoms with Gasteiger partial charge in [-0.2, -0.15) is 13.2 Å². The van der Waals surface area contributed by atoms with Crippen LogP contribution in [0.3, 0.4) is 0 Å². The Morgan fingerprint density at radius 2 is 2.16 bits per heavy atom. The van der Waals surface area contributed by atoms with E-state index in [4.69, 9.17) is 5.73 Å². The summed E-state index contributed by atoms with van der Waals surface area (Å²) in [6.45, 7) is 2.10. The third-order valence-electron chi connectivity index (χ3n) is 3.68. The molecule has 1 saturated heterocycles. The van der Waals surface area contributed by atoms with Gasteiger partial charge in [0.05, 0.1) is 5.92 Å². The topological polar surface area (TPSA) is 58.4 Å². The molecule has 0 aliphatic carbocycles. The van der Waals surface area contributed by atoms with E-state index in [9.17, 15) is 18.0 Å². The van der Waals surface area contributed by atoms with E-state index in [1.54, 1.807) is 6.92 Å². The van der Waals surface area contributed by atoms with Crippen LogP contribution in [0.15, 0.2) is 0 Å². The Morgan fingerprint density at radius 3 is 2.63 bits per heavy atom. The highest BCUT2D eigenvalue weighted by molar-refractivity contribution is 5.78. The monoisotopic (exact) mass is 281 g/mol. The molecule has 3 unspecified atom stereocenters. The van der Waals surface area contributed by atoms with Crippen LogP contribution in [-0.2, 0) is 4.79 Å². The van der Waals surface area contributed by atoms with Crippen molar-refractivity contribution < 1.29 is 18.0 Å². The van der Waals surface area contributed by atoms with E-state index < -0.39 is 18.3 Å². The van der Waals surface area contributed by atoms with E-state index in [2.05, 4.69) is 5.32 Å². The summed E-state index contributed by atoms with van der Waals surface area (Å²) in [7, 11) is 1.50. The molecular formula is C12H22F3N3O. The fourth-order valence-corrected chi connectivity index (χ4v) is 2.62. The summed E-state index contributed by atoms with van der Waals surface area (Å²) >= 11 is 0. The summed E-state index contributed by atoms with van der Waals surface area (Å²) in [5, 5.41) is 2.50. The van der Waals surface area contributed by atoms with Gasteiger partial charge in [0.25, 0.3) is 0 Å². The molecule has 0 aromatic carbocycles. The van der Waals surface area contributed by atoms with Crippen molar-refractivity contribution in [2.75, 3.05) is 20.1 Å². The molecule has 0 aromatic rings. The van der Waals surface area contributed by atoms with Gasteiger partial charge in [-0.05, 0) is 25.8 Å². The third kappa shape index (κ3) is 4.07. The summed E-state index contributed by atoms with van der Waals surface area (Å²) < 4.78 is 39.4. The van der Waals surface area contributed by atoms with Crippen LogP contribution >= 0.6 is 0 Å². The lowest BCUT2D eigenvalue weighted by Gasteiger charge is -2.40. The molecule has 0 radical (unpaired) electrons. The molecule has 1 amide bonds. The van der Waals surface area contributed by atoms with Crippen LogP contribution < -0.4 is 11.1 Å². The van der Waals surface area contributed by atoms with Crippen molar-refractivity contribution >= 4 is 5.91 Å². The van der Waals surface area contributed by atoms with Gasteiger partial charge >= 0.3 is 6.18 Å². The number of rotatable bonds is 4. The number of halogens is 3. The zero-order valence-electron chi connectivity index (χ0n) is 11.3. The number of nitrogens with one attached hydrogen (secondary N) is 1. The van der Waals surface area contributed by atoms with Gasteiger partial charge < -0.3 is 11.1 Å². The second-order valence-electron chi connectivity index (χ2n) is 5.01. The largest absolute Gasteiger partial charge is 0.405 e. The van der Waals surface area contributed by atoms with Crippen molar-refractivity contribution in [1.29, 1.82) is 0 Å². The number of likely N-dealkylation sites (tertiary alicyclic amines) is 1. The Hall–Kier alpha value is -0.820. The van der Waals surface area contributed by atoms with Crippen molar-refractivity contribution in [2.24, 2.45) is 11.7 Å². The number of carbonyl (C=O) groups is 1. The molecule has 3 atom stereocenters. The Kier molecular flexibility index (Phi) is 5.61. The van der Waals surface area contributed by atoms with E-state index in [1.807, 2.05) is 0 Å². The summed E-state index contributed by atoms with van der Waals surface area (Å²) in [6, 6.07) is -2.62. The predicted octanol–water partition coefficient (Wildman–Crippen LogP) is 1.11. The van der Waals surface area contributed by atoms with E-state index in [1.165, 1.54) is 11.9 Å². The van der Waals surface area contributed by atoms with Crippen molar-refractivity contribution in [3.8, 4) is 0 Å². The smallest absolute Gasteiger partial charge is 0.359 e. The number of amides is 1. The molecule has 112 valence electrons. The minimum atomic E-state index is -4.36. The number of hydrogen-bond donors (Lipinski definition) is 2. The fourth-order valence-electron chi connectivity index (χ4n) is 2.62. The molecule has 0 spiro atoms. The first kappa shape index (κ1) is 16.2. The minimum absolute atomic E-state index is 0.123. The Morgan fingerprint density at radius 1 is 1.53 bits per heavy atom. The van der Waals surface area contributed by atoms with Crippen LogP contribution in [0.4, 0.5) is 13.2 Å². The molecule has 0 bridgehead atoms. The summed E-state index contributed by atoms with van der Waals surface area (Å²) in [6.07, 6.45) is -2.89. The summed E-state index contributed by atoms with van der Waals surface area (Å²) in [5.41, 5.74) is 5.63. The van der Waals surface area contributed by atoms with E-state index in [0.29, 0.717) is 19.4 Å². The molecule has 0 aromatic heterocycles. The average Bonchev–Trinajstić information content (AvgIpc) is 2.36. The normalized spacial score (nSPS) is 24.8. The van der Waals surface area contributed by atoms with Crippen LogP contribution in [0.25, 0.3) is 0 Å². The number of alkyl halides is 3. The molecular weight excluding hydrogens is 259 g/mol. The molecule has 1 heterocycles. The molecule has 1 rings (SSSR count). The zero-order chi connectivity index (χ0) is 14.6. The highest BCUT2D eigenvalue weighted by atomic mass is 19.4. The number of nitrogens with two attached hydrogens (primary N) is 1. The highest BCUT2D eigenvalue weighted by Gasteiger charge is 2.47. The van der Waals surface area contributed by atoms with E-state index >= 15 is 0 Å². The van der Waals surface area contributed by atoms with Gasteiger partial charge in [0.2, 0.25) is 5.91 Å². The Bertz CT molecular complexity index is 309. The SMILES string of the molecule is CCC(N)C(N1CCCC(C(=O)NC)C1)C(F)(F)F. The van der Waals surface area contributed by atoms with Gasteiger partial charge in [0.15, 0.2) is 0 Å². The van der Waals surface area contributed by atoms with Crippen molar-refractivity contribution in [3.05, 3.63) is 0 Å². The first-order chi connectivity index (χ1) is 8.81. The molecule has 7 heteroatoms. The van der Waals surface area contributed by atoms with Gasteiger partial charge in [-0.15, -0.1) is 0 Å². The molecule has 1 fully saturated rings. The number of nitrogens with zero attached hydrogens (tertiary/aromatic N) is 1. The van der Waals surface area contributed by atoms with Gasteiger partial charge in [-0.25, -0.2) is 0 Å². The standard InChI is InChI=1S/C12H22F3N3O/c1-3-9(16)10(12(13,14)15)18-6-4-5-8(7-18)11(19)17-2/h8-10H,3-7,16H2,1-2H3,(H,17,19). The number of carbonyl (C=O) groups excluding carboxylic acids is 1. The number of hydrogen-bond acceptors (Lipinski definition) is 3. The van der Waals surface area contributed by atoms with Crippen molar-refractivity contribution in [1.82, 2.24) is 10.2 Å². The predicted molar refractivity (Wildman–Crippen MR) is 66.5 cm³/mol. The molecule has 19 heavy (non-hydrogen) atoms. The molecule has 1 aliphatic rings. The highest BCUT2D eigenvalue weighted by Crippen LogP contribution is 2.31. The van der Waals surface area contributed by atoms with Crippen molar-refractivity contribution in [3.63, 3.8) is 0 Å². The second-order valence-corrected chi connectivity index (χ2v) is 5.01. The maximum Gasteiger partial charge on any atom is 0.405 e. The van der Waals surface area contributed by atoms with Crippen LogP contribution in [0, 0.1) is 5.92 Å². The quantitative estimate of drug-likeness (QED) is 0.811. The average molecular weight is 281 g/mol. The zero-order valence-corrected chi connectivity index (χ0v) is 11.3. The van der Waals surface area contributed by atoms with Gasteiger partial charge in [0, 0.05) is 19.6 Å². The maximum absolute atomic E-state index is 13.1. The first-order valence-corrected chi connectivity index (χ1v) is 6.59. The van der Waals surface area contributed by atoms with Gasteiger partial charge in [0.1, 0.15) is 6.04 Å². The van der Waals surface area contributed by atoms with Gasteiger partial charge in [-0.3, -0.25) is 9.69 Å². The minimum Gasteiger partial charge on any atom is -0.359 e. The van der Waals surface area contributed by atoms with E-state index in [-0.39, 0.29) is 24.8 Å². The summed E-state index contributed by atoms with van der Waals surface area (Å²) in [5.74, 6) is -0.580. The molecule has 1 aliphatic heterocycles. The van der Waals surface area contributed by atoms with Crippen molar-refractivity contribution in [2.45, 2.75) is 44.4 Å². The maximum atomic E-state index is 13.1. The Balaban J connectivity index is 2.82. The van der Waals surface area contributed by atoms with E-state index in [0.717, 1.165) is 0 Å². The molecule has 0 saturated carbocycles. The van der Waals surface area contributed by atoms with Gasteiger partial charge in [-0.1, -0.05) is 6.92 Å². The molecule has 3 N–H and O–H groups in total. The van der Waals surface area contributed by atoms with Crippen LogP contribution in [0.1, 0.15) is 26.2 Å². The van der Waals surface area contributed by atoms with Crippen LogP contribution in [-0.4, -0.2) is 49.2 Å². The Labute approximate surface area is 111 Å². The lowest BCUT2D eigenvalue weighted by Crippen LogP contribution is -2.59. The third-order valence-corrected chi connectivity index (χ3v) is 3.68. The second kappa shape index (κ2) is 6.56. The summed E-state index contributed by atoms with van der Waals surface area (Å²) in [4.78, 5) is 12.9. The number of piperidine rings is 1. The van der Waals surface area contributed by atoms with Crippen LogP contribution in [0.2, 0.25) is 0 Å². The molecule has 4 nitrogen and oxygen atoms in total. The fraction of sp³-hybridized carbons (Fsp3) is 0.917.